The number of nitrogens with one attached hydrogen (secondary N) is 1. The molecule has 0 fully saturated rings. The van der Waals surface area contributed by atoms with Crippen LogP contribution >= 0.6 is 11.8 Å². The molecule has 0 bridgehead atoms. The first-order valence-electron chi connectivity index (χ1n) is 6.83. The topological polar surface area (TPSA) is 25.0 Å². The van der Waals surface area contributed by atoms with Gasteiger partial charge in [-0.05, 0) is 42.3 Å². The summed E-state index contributed by atoms with van der Waals surface area (Å²) in [4.78, 5) is 4.60. The number of hydrogen-bond donors (Lipinski definition) is 1. The fraction of sp³-hybridized carbons (Fsp3) is 0.176. The second-order valence-corrected chi connectivity index (χ2v) is 6.43. The summed E-state index contributed by atoms with van der Waals surface area (Å²) in [5, 5.41) is 1.72. The van der Waals surface area contributed by atoms with E-state index in [2.05, 4.69) is 47.4 Å². The Morgan fingerprint density at radius 2 is 2.10 bits per heavy atom. The second kappa shape index (κ2) is 4.91. The molecule has 100 valence electrons. The van der Waals surface area contributed by atoms with E-state index in [0.717, 1.165) is 24.3 Å². The number of ether oxygens (including phenoxy) is 1. The van der Waals surface area contributed by atoms with Gasteiger partial charge in [-0.25, -0.2) is 0 Å². The highest BCUT2D eigenvalue weighted by molar-refractivity contribution is 8.00. The summed E-state index contributed by atoms with van der Waals surface area (Å²) >= 11 is 1.93. The summed E-state index contributed by atoms with van der Waals surface area (Å²) in [6.07, 6.45) is 3.06. The average molecular weight is 281 g/mol. The van der Waals surface area contributed by atoms with Crippen molar-refractivity contribution in [2.24, 2.45) is 0 Å². The van der Waals surface area contributed by atoms with Crippen molar-refractivity contribution >= 4 is 22.7 Å². The fourth-order valence-corrected chi connectivity index (χ4v) is 3.88. The van der Waals surface area contributed by atoms with Crippen molar-refractivity contribution < 1.29 is 4.74 Å². The third kappa shape index (κ3) is 2.18. The Bertz CT molecular complexity index is 724. The van der Waals surface area contributed by atoms with Gasteiger partial charge in [0.1, 0.15) is 12.4 Å². The number of rotatable bonds is 3. The van der Waals surface area contributed by atoms with Gasteiger partial charge < -0.3 is 9.72 Å². The molecule has 1 aromatic heterocycles. The first kappa shape index (κ1) is 11.9. The zero-order chi connectivity index (χ0) is 13.4. The molecular formula is C17H15NOS. The summed E-state index contributed by atoms with van der Waals surface area (Å²) in [6, 6.07) is 16.9. The Hall–Kier alpha value is -1.87. The van der Waals surface area contributed by atoms with E-state index in [0.29, 0.717) is 5.25 Å². The molecule has 0 aliphatic carbocycles. The Balaban J connectivity index is 1.44. The minimum absolute atomic E-state index is 0.523. The molecule has 1 aliphatic heterocycles. The molecule has 1 N–H and O–H groups in total. The Morgan fingerprint density at radius 1 is 1.15 bits per heavy atom. The lowest BCUT2D eigenvalue weighted by Gasteiger charge is -2.11. The second-order valence-electron chi connectivity index (χ2n) is 5.09. The molecule has 0 amide bonds. The largest absolute Gasteiger partial charge is 0.492 e. The molecule has 2 nitrogen and oxygen atoms in total. The molecular weight excluding hydrogens is 266 g/mol. The normalized spacial score (nSPS) is 17.3. The van der Waals surface area contributed by atoms with Crippen molar-refractivity contribution in [1.82, 2.24) is 4.98 Å². The van der Waals surface area contributed by atoms with Crippen LogP contribution < -0.4 is 4.74 Å². The number of benzene rings is 2. The molecule has 0 saturated carbocycles. The summed E-state index contributed by atoms with van der Waals surface area (Å²) in [5.74, 6) is 0.952. The van der Waals surface area contributed by atoms with Gasteiger partial charge >= 0.3 is 0 Å². The molecule has 1 unspecified atom stereocenters. The molecule has 2 heterocycles. The van der Waals surface area contributed by atoms with Crippen molar-refractivity contribution in [3.05, 3.63) is 60.3 Å². The molecule has 20 heavy (non-hydrogen) atoms. The van der Waals surface area contributed by atoms with E-state index >= 15 is 0 Å². The highest BCUT2D eigenvalue weighted by Crippen LogP contribution is 2.37. The molecule has 0 spiro atoms. The van der Waals surface area contributed by atoms with Crippen molar-refractivity contribution in [2.45, 2.75) is 16.6 Å². The van der Waals surface area contributed by atoms with Crippen molar-refractivity contribution in [1.29, 1.82) is 0 Å². The third-order valence-corrected chi connectivity index (χ3v) is 4.96. The maximum Gasteiger partial charge on any atom is 0.120 e. The monoisotopic (exact) mass is 281 g/mol. The van der Waals surface area contributed by atoms with Crippen molar-refractivity contribution in [3.63, 3.8) is 0 Å². The van der Waals surface area contributed by atoms with E-state index in [9.17, 15) is 0 Å². The number of fused-ring (bicyclic) bond motifs is 2. The lowest BCUT2D eigenvalue weighted by atomic mass is 10.1. The zero-order valence-corrected chi connectivity index (χ0v) is 11.8. The maximum atomic E-state index is 5.96. The van der Waals surface area contributed by atoms with Crippen LogP contribution in [0.3, 0.4) is 0 Å². The highest BCUT2D eigenvalue weighted by Gasteiger charge is 2.22. The van der Waals surface area contributed by atoms with Gasteiger partial charge in [-0.3, -0.25) is 0 Å². The molecule has 0 saturated heterocycles. The first-order chi connectivity index (χ1) is 9.88. The lowest BCUT2D eigenvalue weighted by Crippen LogP contribution is -2.13. The molecule has 0 radical (unpaired) electrons. The van der Waals surface area contributed by atoms with E-state index in [1.165, 1.54) is 15.8 Å². The smallest absolute Gasteiger partial charge is 0.120 e. The van der Waals surface area contributed by atoms with Gasteiger partial charge in [0.2, 0.25) is 0 Å². The van der Waals surface area contributed by atoms with Crippen molar-refractivity contribution in [3.8, 4) is 5.75 Å². The lowest BCUT2D eigenvalue weighted by molar-refractivity contribution is 0.318. The fourth-order valence-electron chi connectivity index (χ4n) is 2.66. The molecule has 3 heteroatoms. The molecule has 3 aromatic rings. The number of thioether (sulfide) groups is 1. The first-order valence-corrected chi connectivity index (χ1v) is 7.71. The van der Waals surface area contributed by atoms with E-state index in [1.807, 2.05) is 24.0 Å². The van der Waals surface area contributed by atoms with Crippen LogP contribution in [0, 0.1) is 0 Å². The number of aromatic amines is 1. The Labute approximate surface area is 122 Å². The van der Waals surface area contributed by atoms with Crippen LogP contribution in [0.25, 0.3) is 10.9 Å². The van der Waals surface area contributed by atoms with Gasteiger partial charge in [-0.2, -0.15) is 0 Å². The van der Waals surface area contributed by atoms with E-state index in [-0.39, 0.29) is 0 Å². The standard InChI is InChI=1S/C17H15NOS/c1-2-4-17-13(3-1)10-15(20-17)11-19-14-5-6-16-12(9-14)7-8-18-16/h1-9,15,18H,10-11H2. The predicted octanol–water partition coefficient (Wildman–Crippen LogP) is 4.26. The van der Waals surface area contributed by atoms with Crippen LogP contribution in [0.1, 0.15) is 5.56 Å². The maximum absolute atomic E-state index is 5.96. The van der Waals surface area contributed by atoms with Crippen LogP contribution in [0.15, 0.2) is 59.6 Å². The molecule has 4 rings (SSSR count). The summed E-state index contributed by atoms with van der Waals surface area (Å²) < 4.78 is 5.96. The molecule has 1 atom stereocenters. The number of H-pyrrole nitrogens is 1. The van der Waals surface area contributed by atoms with Crippen LogP contribution in [0.5, 0.6) is 5.75 Å². The van der Waals surface area contributed by atoms with Crippen LogP contribution in [0.2, 0.25) is 0 Å². The Kier molecular flexibility index (Phi) is 2.92. The summed E-state index contributed by atoms with van der Waals surface area (Å²) in [7, 11) is 0. The van der Waals surface area contributed by atoms with Gasteiger partial charge in [0.25, 0.3) is 0 Å². The van der Waals surface area contributed by atoms with Gasteiger partial charge in [-0.1, -0.05) is 18.2 Å². The predicted molar refractivity (Wildman–Crippen MR) is 83.6 cm³/mol. The van der Waals surface area contributed by atoms with E-state index < -0.39 is 0 Å². The van der Waals surface area contributed by atoms with Gasteiger partial charge in [-0.15, -0.1) is 11.8 Å². The minimum Gasteiger partial charge on any atom is -0.492 e. The third-order valence-electron chi connectivity index (χ3n) is 3.67. The quantitative estimate of drug-likeness (QED) is 0.775. The van der Waals surface area contributed by atoms with Crippen LogP contribution in [0.4, 0.5) is 0 Å². The van der Waals surface area contributed by atoms with Gasteiger partial charge in [0.05, 0.1) is 0 Å². The van der Waals surface area contributed by atoms with Gasteiger partial charge in [0.15, 0.2) is 0 Å². The van der Waals surface area contributed by atoms with Crippen molar-refractivity contribution in [2.75, 3.05) is 6.61 Å². The van der Waals surface area contributed by atoms with E-state index in [1.54, 1.807) is 0 Å². The minimum atomic E-state index is 0.523. The summed E-state index contributed by atoms with van der Waals surface area (Å²) in [5.41, 5.74) is 2.60. The highest BCUT2D eigenvalue weighted by atomic mass is 32.2. The average Bonchev–Trinajstić information content (AvgIpc) is 3.10. The zero-order valence-electron chi connectivity index (χ0n) is 11.0. The summed E-state index contributed by atoms with van der Waals surface area (Å²) in [6.45, 7) is 0.759. The SMILES string of the molecule is c1ccc2c(c1)CC(COc1ccc3[nH]ccc3c1)S2. The van der Waals surface area contributed by atoms with Crippen LogP contribution in [-0.2, 0) is 6.42 Å². The van der Waals surface area contributed by atoms with Gasteiger partial charge in [0, 0.05) is 27.2 Å². The number of hydrogen-bond acceptors (Lipinski definition) is 2. The van der Waals surface area contributed by atoms with E-state index in [4.69, 9.17) is 4.74 Å². The Morgan fingerprint density at radius 3 is 3.05 bits per heavy atom. The van der Waals surface area contributed by atoms with Crippen LogP contribution in [-0.4, -0.2) is 16.8 Å². The molecule has 1 aliphatic rings. The number of aromatic nitrogens is 1. The molecule has 2 aromatic carbocycles.